The lowest BCUT2D eigenvalue weighted by atomic mass is 10.2. The van der Waals surface area contributed by atoms with E-state index in [0.717, 1.165) is 23.5 Å². The van der Waals surface area contributed by atoms with Crippen LogP contribution in [-0.4, -0.2) is 7.11 Å². The van der Waals surface area contributed by atoms with Gasteiger partial charge in [-0.1, -0.05) is 6.07 Å². The SMILES string of the molecule is COc1ccc(C)c(NCc2ccoc2)c1. The third-order valence-electron chi connectivity index (χ3n) is 2.51. The van der Waals surface area contributed by atoms with Crippen LogP contribution < -0.4 is 10.1 Å². The summed E-state index contributed by atoms with van der Waals surface area (Å²) in [5.74, 6) is 0.861. The molecule has 84 valence electrons. The second-order valence-electron chi connectivity index (χ2n) is 3.67. The number of benzene rings is 1. The van der Waals surface area contributed by atoms with Gasteiger partial charge in [0.25, 0.3) is 0 Å². The van der Waals surface area contributed by atoms with Gasteiger partial charge in [0.1, 0.15) is 5.75 Å². The molecule has 16 heavy (non-hydrogen) atoms. The van der Waals surface area contributed by atoms with Crippen LogP contribution in [0.5, 0.6) is 5.75 Å². The number of aryl methyl sites for hydroxylation is 1. The first-order valence-electron chi connectivity index (χ1n) is 5.19. The minimum Gasteiger partial charge on any atom is -0.497 e. The van der Waals surface area contributed by atoms with E-state index in [0.29, 0.717) is 0 Å². The van der Waals surface area contributed by atoms with Crippen LogP contribution in [0.25, 0.3) is 0 Å². The second-order valence-corrected chi connectivity index (χ2v) is 3.67. The van der Waals surface area contributed by atoms with Gasteiger partial charge in [-0.2, -0.15) is 0 Å². The van der Waals surface area contributed by atoms with Crippen LogP contribution in [0.3, 0.4) is 0 Å². The maximum Gasteiger partial charge on any atom is 0.120 e. The maximum atomic E-state index is 5.19. The lowest BCUT2D eigenvalue weighted by Gasteiger charge is -2.10. The molecule has 0 aliphatic heterocycles. The first kappa shape index (κ1) is 10.6. The molecule has 0 atom stereocenters. The smallest absolute Gasteiger partial charge is 0.120 e. The van der Waals surface area contributed by atoms with E-state index in [1.807, 2.05) is 24.3 Å². The van der Waals surface area contributed by atoms with Gasteiger partial charge >= 0.3 is 0 Å². The van der Waals surface area contributed by atoms with Gasteiger partial charge in [-0.15, -0.1) is 0 Å². The molecule has 0 bridgehead atoms. The Labute approximate surface area is 95.0 Å². The van der Waals surface area contributed by atoms with E-state index >= 15 is 0 Å². The molecule has 0 fully saturated rings. The molecule has 0 saturated heterocycles. The minimum atomic E-state index is 0.754. The highest BCUT2D eigenvalue weighted by molar-refractivity contribution is 5.54. The zero-order valence-corrected chi connectivity index (χ0v) is 9.49. The van der Waals surface area contributed by atoms with E-state index in [2.05, 4.69) is 12.2 Å². The van der Waals surface area contributed by atoms with Crippen molar-refractivity contribution < 1.29 is 9.15 Å². The number of anilines is 1. The molecule has 0 aliphatic rings. The highest BCUT2D eigenvalue weighted by Crippen LogP contribution is 2.22. The van der Waals surface area contributed by atoms with E-state index in [-0.39, 0.29) is 0 Å². The molecule has 2 aromatic rings. The third-order valence-corrected chi connectivity index (χ3v) is 2.51. The highest BCUT2D eigenvalue weighted by atomic mass is 16.5. The second kappa shape index (κ2) is 4.75. The number of hydrogen-bond acceptors (Lipinski definition) is 3. The summed E-state index contributed by atoms with van der Waals surface area (Å²) in [4.78, 5) is 0. The fourth-order valence-electron chi connectivity index (χ4n) is 1.51. The van der Waals surface area contributed by atoms with Crippen molar-refractivity contribution in [3.8, 4) is 5.75 Å². The van der Waals surface area contributed by atoms with E-state index < -0.39 is 0 Å². The Morgan fingerprint density at radius 3 is 2.88 bits per heavy atom. The van der Waals surface area contributed by atoms with Gasteiger partial charge in [-0.25, -0.2) is 0 Å². The lowest BCUT2D eigenvalue weighted by Crippen LogP contribution is -2.00. The summed E-state index contributed by atoms with van der Waals surface area (Å²) in [6.07, 6.45) is 3.41. The van der Waals surface area contributed by atoms with Crippen molar-refractivity contribution in [2.24, 2.45) is 0 Å². The standard InChI is InChI=1S/C13H15NO2/c1-10-3-4-12(15-2)7-13(10)14-8-11-5-6-16-9-11/h3-7,9,14H,8H2,1-2H3. The first-order valence-corrected chi connectivity index (χ1v) is 5.19. The summed E-state index contributed by atoms with van der Waals surface area (Å²) in [6.45, 7) is 2.82. The molecule has 3 heteroatoms. The molecule has 3 nitrogen and oxygen atoms in total. The first-order chi connectivity index (χ1) is 7.79. The summed E-state index contributed by atoms with van der Waals surface area (Å²) in [5.41, 5.74) is 3.41. The number of methoxy groups -OCH3 is 1. The van der Waals surface area contributed by atoms with Gasteiger partial charge in [0.2, 0.25) is 0 Å². The third kappa shape index (κ3) is 2.37. The maximum absolute atomic E-state index is 5.19. The molecule has 1 heterocycles. The van der Waals surface area contributed by atoms with Crippen molar-refractivity contribution in [3.05, 3.63) is 47.9 Å². The molecule has 0 saturated carbocycles. The van der Waals surface area contributed by atoms with Gasteiger partial charge in [-0.05, 0) is 24.6 Å². The number of rotatable bonds is 4. The van der Waals surface area contributed by atoms with Crippen molar-refractivity contribution in [1.29, 1.82) is 0 Å². The van der Waals surface area contributed by atoms with Gasteiger partial charge in [0, 0.05) is 23.9 Å². The predicted molar refractivity (Wildman–Crippen MR) is 63.8 cm³/mol. The average Bonchev–Trinajstić information content (AvgIpc) is 2.81. The van der Waals surface area contributed by atoms with Crippen LogP contribution in [0, 0.1) is 6.92 Å². The molecular weight excluding hydrogens is 202 g/mol. The van der Waals surface area contributed by atoms with Crippen molar-refractivity contribution >= 4 is 5.69 Å². The molecule has 0 spiro atoms. The topological polar surface area (TPSA) is 34.4 Å². The van der Waals surface area contributed by atoms with Crippen molar-refractivity contribution in [3.63, 3.8) is 0 Å². The summed E-state index contributed by atoms with van der Waals surface area (Å²) in [5, 5.41) is 3.35. The molecule has 0 radical (unpaired) electrons. The minimum absolute atomic E-state index is 0.754. The zero-order valence-electron chi connectivity index (χ0n) is 9.49. The molecule has 1 aromatic heterocycles. The van der Waals surface area contributed by atoms with Crippen molar-refractivity contribution in [2.75, 3.05) is 12.4 Å². The molecule has 0 unspecified atom stereocenters. The molecule has 2 rings (SSSR count). The quantitative estimate of drug-likeness (QED) is 0.853. The lowest BCUT2D eigenvalue weighted by molar-refractivity contribution is 0.415. The molecule has 0 amide bonds. The molecule has 1 aromatic carbocycles. The fourth-order valence-corrected chi connectivity index (χ4v) is 1.51. The van der Waals surface area contributed by atoms with E-state index in [4.69, 9.17) is 9.15 Å². The number of ether oxygens (including phenoxy) is 1. The Bertz CT molecular complexity index is 449. The summed E-state index contributed by atoms with van der Waals surface area (Å²) >= 11 is 0. The molecular formula is C13H15NO2. The van der Waals surface area contributed by atoms with E-state index in [1.165, 1.54) is 5.56 Å². The van der Waals surface area contributed by atoms with Crippen LogP contribution in [0.2, 0.25) is 0 Å². The van der Waals surface area contributed by atoms with E-state index in [1.54, 1.807) is 19.6 Å². The van der Waals surface area contributed by atoms with Crippen molar-refractivity contribution in [2.45, 2.75) is 13.5 Å². The van der Waals surface area contributed by atoms with Crippen LogP contribution in [0.15, 0.2) is 41.2 Å². The Kier molecular flexibility index (Phi) is 3.15. The van der Waals surface area contributed by atoms with Gasteiger partial charge in [-0.3, -0.25) is 0 Å². The van der Waals surface area contributed by atoms with Crippen LogP contribution in [-0.2, 0) is 6.54 Å². The Morgan fingerprint density at radius 2 is 2.19 bits per heavy atom. The van der Waals surface area contributed by atoms with Crippen LogP contribution in [0.1, 0.15) is 11.1 Å². The number of hydrogen-bond donors (Lipinski definition) is 1. The van der Waals surface area contributed by atoms with E-state index in [9.17, 15) is 0 Å². The Balaban J connectivity index is 2.08. The summed E-state index contributed by atoms with van der Waals surface area (Å²) in [7, 11) is 1.67. The molecule has 1 N–H and O–H groups in total. The van der Waals surface area contributed by atoms with Crippen LogP contribution in [0.4, 0.5) is 5.69 Å². The largest absolute Gasteiger partial charge is 0.497 e. The highest BCUT2D eigenvalue weighted by Gasteiger charge is 2.01. The number of nitrogens with one attached hydrogen (secondary N) is 1. The predicted octanol–water partition coefficient (Wildman–Crippen LogP) is 3.21. The average molecular weight is 217 g/mol. The zero-order chi connectivity index (χ0) is 11.4. The van der Waals surface area contributed by atoms with Gasteiger partial charge in [0.15, 0.2) is 0 Å². The monoisotopic (exact) mass is 217 g/mol. The normalized spacial score (nSPS) is 10.1. The summed E-state index contributed by atoms with van der Waals surface area (Å²) in [6, 6.07) is 7.94. The van der Waals surface area contributed by atoms with Crippen molar-refractivity contribution in [1.82, 2.24) is 0 Å². The fraction of sp³-hybridized carbons (Fsp3) is 0.231. The Hall–Kier alpha value is -1.90. The van der Waals surface area contributed by atoms with Gasteiger partial charge < -0.3 is 14.5 Å². The number of furan rings is 1. The van der Waals surface area contributed by atoms with Gasteiger partial charge in [0.05, 0.1) is 19.6 Å². The summed E-state index contributed by atoms with van der Waals surface area (Å²) < 4.78 is 10.2. The van der Waals surface area contributed by atoms with Crippen LogP contribution >= 0.6 is 0 Å². The molecule has 0 aliphatic carbocycles. The Morgan fingerprint density at radius 1 is 1.31 bits per heavy atom.